The summed E-state index contributed by atoms with van der Waals surface area (Å²) in [7, 11) is 0. The van der Waals surface area contributed by atoms with Crippen LogP contribution in [0.2, 0.25) is 0 Å². The zero-order valence-electron chi connectivity index (χ0n) is 14.8. The summed E-state index contributed by atoms with van der Waals surface area (Å²) in [6, 6.07) is 6.06. The van der Waals surface area contributed by atoms with Gasteiger partial charge < -0.3 is 20.9 Å². The Morgan fingerprint density at radius 1 is 1.15 bits per heavy atom. The van der Waals surface area contributed by atoms with E-state index >= 15 is 0 Å². The number of hydrogen-bond acceptors (Lipinski definition) is 3. The van der Waals surface area contributed by atoms with E-state index < -0.39 is 5.66 Å². The van der Waals surface area contributed by atoms with Gasteiger partial charge in [-0.3, -0.25) is 4.79 Å². The standard InChI is InChI=1S/C19H25BrN4O2/c20-13-6-7-16-15(12-13)17(25)23-19(22-16)8-10-24(11-9-19)18(26)21-14-4-2-1-3-5-14/h6-7,12,14,22H,1-5,8-11H2,(H,21,26)(H,23,25). The Hall–Kier alpha value is -1.76. The summed E-state index contributed by atoms with van der Waals surface area (Å²) >= 11 is 3.41. The molecule has 7 heteroatoms. The molecule has 0 unspecified atom stereocenters. The first-order valence-electron chi connectivity index (χ1n) is 9.50. The zero-order chi connectivity index (χ0) is 18.1. The minimum absolute atomic E-state index is 0.0400. The molecule has 4 rings (SSSR count). The highest BCUT2D eigenvalue weighted by Crippen LogP contribution is 2.32. The molecule has 2 heterocycles. The number of urea groups is 1. The van der Waals surface area contributed by atoms with E-state index in [1.165, 1.54) is 19.3 Å². The fourth-order valence-electron chi connectivity index (χ4n) is 4.24. The van der Waals surface area contributed by atoms with E-state index in [4.69, 9.17) is 0 Å². The molecule has 2 aliphatic heterocycles. The predicted molar refractivity (Wildman–Crippen MR) is 104 cm³/mol. The largest absolute Gasteiger partial charge is 0.362 e. The van der Waals surface area contributed by atoms with Gasteiger partial charge in [-0.1, -0.05) is 35.2 Å². The van der Waals surface area contributed by atoms with Crippen LogP contribution in [-0.2, 0) is 0 Å². The number of fused-ring (bicyclic) bond motifs is 1. The van der Waals surface area contributed by atoms with Crippen LogP contribution in [0.15, 0.2) is 22.7 Å². The number of piperidine rings is 1. The number of carbonyl (C=O) groups is 2. The van der Waals surface area contributed by atoms with Crippen molar-refractivity contribution in [1.82, 2.24) is 15.5 Å². The minimum atomic E-state index is -0.459. The van der Waals surface area contributed by atoms with E-state index in [9.17, 15) is 9.59 Å². The molecule has 3 N–H and O–H groups in total. The van der Waals surface area contributed by atoms with E-state index in [0.717, 1.165) is 23.0 Å². The molecule has 0 bridgehead atoms. The van der Waals surface area contributed by atoms with E-state index in [1.54, 1.807) is 0 Å². The molecule has 1 aromatic rings. The molecule has 2 fully saturated rings. The van der Waals surface area contributed by atoms with Crippen molar-refractivity contribution < 1.29 is 9.59 Å². The van der Waals surface area contributed by atoms with Gasteiger partial charge in [0.05, 0.1) is 5.56 Å². The van der Waals surface area contributed by atoms with Crippen molar-refractivity contribution in [3.05, 3.63) is 28.2 Å². The Morgan fingerprint density at radius 2 is 1.88 bits per heavy atom. The molecule has 0 radical (unpaired) electrons. The van der Waals surface area contributed by atoms with Crippen molar-refractivity contribution in [3.63, 3.8) is 0 Å². The Morgan fingerprint density at radius 3 is 2.62 bits per heavy atom. The summed E-state index contributed by atoms with van der Waals surface area (Å²) < 4.78 is 0.887. The third-order valence-electron chi connectivity index (χ3n) is 5.79. The van der Waals surface area contributed by atoms with E-state index in [-0.39, 0.29) is 11.9 Å². The Kier molecular flexibility index (Phi) is 4.82. The highest BCUT2D eigenvalue weighted by molar-refractivity contribution is 9.10. The van der Waals surface area contributed by atoms with E-state index in [2.05, 4.69) is 31.9 Å². The maximum absolute atomic E-state index is 12.5. The molecular weight excluding hydrogens is 396 g/mol. The number of carbonyl (C=O) groups excluding carboxylic acids is 2. The van der Waals surface area contributed by atoms with Gasteiger partial charge in [0, 0.05) is 42.1 Å². The Bertz CT molecular complexity index is 709. The van der Waals surface area contributed by atoms with Gasteiger partial charge in [0.25, 0.3) is 5.91 Å². The van der Waals surface area contributed by atoms with Gasteiger partial charge in [-0.25, -0.2) is 4.79 Å². The van der Waals surface area contributed by atoms with Crippen molar-refractivity contribution in [2.24, 2.45) is 0 Å². The van der Waals surface area contributed by atoms with Crippen LogP contribution in [0.1, 0.15) is 55.3 Å². The average molecular weight is 421 g/mol. The Labute approximate surface area is 162 Å². The van der Waals surface area contributed by atoms with Gasteiger partial charge in [0.2, 0.25) is 0 Å². The van der Waals surface area contributed by atoms with Crippen LogP contribution in [0.25, 0.3) is 0 Å². The molecule has 1 spiro atoms. The van der Waals surface area contributed by atoms with Gasteiger partial charge in [-0.15, -0.1) is 0 Å². The normalized spacial score (nSPS) is 22.3. The van der Waals surface area contributed by atoms with Crippen molar-refractivity contribution in [2.45, 2.75) is 56.7 Å². The van der Waals surface area contributed by atoms with Gasteiger partial charge in [0.1, 0.15) is 5.66 Å². The molecule has 3 amide bonds. The molecule has 0 atom stereocenters. The molecule has 1 saturated heterocycles. The highest BCUT2D eigenvalue weighted by atomic mass is 79.9. The monoisotopic (exact) mass is 420 g/mol. The molecule has 1 saturated carbocycles. The zero-order valence-corrected chi connectivity index (χ0v) is 16.4. The van der Waals surface area contributed by atoms with Gasteiger partial charge in [-0.05, 0) is 31.0 Å². The number of likely N-dealkylation sites (tertiary alicyclic amines) is 1. The molecule has 140 valence electrons. The first kappa shape index (κ1) is 17.6. The predicted octanol–water partition coefficient (Wildman–Crippen LogP) is 3.44. The van der Waals surface area contributed by atoms with Gasteiger partial charge in [-0.2, -0.15) is 0 Å². The Balaban J connectivity index is 1.38. The molecule has 26 heavy (non-hydrogen) atoms. The summed E-state index contributed by atoms with van der Waals surface area (Å²) in [5.74, 6) is -0.0554. The average Bonchev–Trinajstić information content (AvgIpc) is 2.64. The minimum Gasteiger partial charge on any atom is -0.362 e. The second-order valence-corrected chi connectivity index (χ2v) is 8.54. The van der Waals surface area contributed by atoms with Crippen LogP contribution in [0.3, 0.4) is 0 Å². The smallest absolute Gasteiger partial charge is 0.317 e. The van der Waals surface area contributed by atoms with Crippen LogP contribution in [-0.4, -0.2) is 41.6 Å². The lowest BCUT2D eigenvalue weighted by molar-refractivity contribution is 0.0846. The van der Waals surface area contributed by atoms with E-state index in [0.29, 0.717) is 37.5 Å². The third kappa shape index (κ3) is 3.54. The molecule has 1 aliphatic carbocycles. The maximum atomic E-state index is 12.5. The number of nitrogens with one attached hydrogen (secondary N) is 3. The SMILES string of the molecule is O=C1NC2(CCN(C(=O)NC3CCCCC3)CC2)Nc2ccc(Br)cc21. The van der Waals surface area contributed by atoms with Crippen molar-refractivity contribution in [2.75, 3.05) is 18.4 Å². The van der Waals surface area contributed by atoms with Crippen LogP contribution < -0.4 is 16.0 Å². The second-order valence-electron chi connectivity index (χ2n) is 7.62. The van der Waals surface area contributed by atoms with Crippen LogP contribution in [0.4, 0.5) is 10.5 Å². The summed E-state index contributed by atoms with van der Waals surface area (Å²) in [4.78, 5) is 26.9. The van der Waals surface area contributed by atoms with Gasteiger partial charge >= 0.3 is 6.03 Å². The fourth-order valence-corrected chi connectivity index (χ4v) is 4.60. The number of hydrogen-bond donors (Lipinski definition) is 3. The molecular formula is C19H25BrN4O2. The fraction of sp³-hybridized carbons (Fsp3) is 0.579. The number of halogens is 1. The molecule has 3 aliphatic rings. The number of amides is 3. The number of nitrogens with zero attached hydrogens (tertiary/aromatic N) is 1. The maximum Gasteiger partial charge on any atom is 0.317 e. The third-order valence-corrected chi connectivity index (χ3v) is 6.28. The van der Waals surface area contributed by atoms with Crippen LogP contribution in [0.5, 0.6) is 0 Å². The van der Waals surface area contributed by atoms with E-state index in [1.807, 2.05) is 23.1 Å². The number of anilines is 1. The first-order chi connectivity index (χ1) is 12.5. The lowest BCUT2D eigenvalue weighted by Gasteiger charge is -2.46. The molecule has 1 aromatic carbocycles. The van der Waals surface area contributed by atoms with Crippen LogP contribution in [0, 0.1) is 0 Å². The van der Waals surface area contributed by atoms with Gasteiger partial charge in [0.15, 0.2) is 0 Å². The second kappa shape index (κ2) is 7.10. The highest BCUT2D eigenvalue weighted by Gasteiger charge is 2.41. The topological polar surface area (TPSA) is 73.5 Å². The summed E-state index contributed by atoms with van der Waals surface area (Å²) in [6.07, 6.45) is 7.28. The summed E-state index contributed by atoms with van der Waals surface area (Å²) in [5.41, 5.74) is 1.05. The number of benzene rings is 1. The summed E-state index contributed by atoms with van der Waals surface area (Å²) in [6.45, 7) is 1.27. The van der Waals surface area contributed by atoms with Crippen molar-refractivity contribution >= 4 is 33.6 Å². The first-order valence-corrected chi connectivity index (χ1v) is 10.3. The molecule has 0 aromatic heterocycles. The molecule has 6 nitrogen and oxygen atoms in total. The summed E-state index contributed by atoms with van der Waals surface area (Å²) in [5, 5.41) is 9.81. The van der Waals surface area contributed by atoms with Crippen molar-refractivity contribution in [3.8, 4) is 0 Å². The lowest BCUT2D eigenvalue weighted by Crippen LogP contribution is -2.63. The number of rotatable bonds is 1. The van der Waals surface area contributed by atoms with Crippen LogP contribution >= 0.6 is 15.9 Å². The quantitative estimate of drug-likeness (QED) is 0.651. The van der Waals surface area contributed by atoms with Crippen molar-refractivity contribution in [1.29, 1.82) is 0 Å². The lowest BCUT2D eigenvalue weighted by atomic mass is 9.92.